The molecular weight excluding hydrogens is 348 g/mol. The molecule has 0 aliphatic carbocycles. The predicted molar refractivity (Wildman–Crippen MR) is 94.7 cm³/mol. The molecule has 1 heterocycles. The van der Waals surface area contributed by atoms with E-state index in [1.54, 1.807) is 19.1 Å². The molecule has 0 fully saturated rings. The minimum atomic E-state index is -0.829. The summed E-state index contributed by atoms with van der Waals surface area (Å²) in [6, 6.07) is 2.65. The Morgan fingerprint density at radius 3 is 2.44 bits per heavy atom. The van der Waals surface area contributed by atoms with Crippen molar-refractivity contribution in [3.63, 3.8) is 0 Å². The summed E-state index contributed by atoms with van der Waals surface area (Å²) in [5.74, 6) is 0.850. The maximum absolute atomic E-state index is 12.1. The molecule has 0 saturated heterocycles. The summed E-state index contributed by atoms with van der Waals surface area (Å²) in [7, 11) is 4.54. The molecule has 0 radical (unpaired) electrons. The Morgan fingerprint density at radius 2 is 1.92 bits per heavy atom. The number of carbonyl (C=O) groups is 1. The van der Waals surface area contributed by atoms with Crippen molar-refractivity contribution < 1.29 is 23.7 Å². The zero-order valence-corrected chi connectivity index (χ0v) is 15.3. The summed E-state index contributed by atoms with van der Waals surface area (Å²) in [6.07, 6.45) is 1.34. The third-order valence-corrected chi connectivity index (χ3v) is 4.13. The van der Waals surface area contributed by atoms with Crippen LogP contribution in [0.4, 0.5) is 0 Å². The van der Waals surface area contributed by atoms with Gasteiger partial charge in [-0.15, -0.1) is 0 Å². The van der Waals surface area contributed by atoms with Gasteiger partial charge in [-0.3, -0.25) is 0 Å². The van der Waals surface area contributed by atoms with Crippen molar-refractivity contribution in [3.05, 3.63) is 34.6 Å². The van der Waals surface area contributed by atoms with E-state index in [-0.39, 0.29) is 11.6 Å². The number of benzene rings is 1. The van der Waals surface area contributed by atoms with E-state index in [0.29, 0.717) is 34.1 Å². The summed E-state index contributed by atoms with van der Waals surface area (Å²) >= 11 is 6.47. The number of allylic oxidation sites excluding steroid dienone is 1. The lowest BCUT2D eigenvalue weighted by Gasteiger charge is -2.17. The van der Waals surface area contributed by atoms with Crippen molar-refractivity contribution in [1.29, 1.82) is 0 Å². The van der Waals surface area contributed by atoms with Crippen molar-refractivity contribution in [2.45, 2.75) is 13.0 Å². The van der Waals surface area contributed by atoms with E-state index in [0.717, 1.165) is 0 Å². The molecule has 1 aliphatic heterocycles. The van der Waals surface area contributed by atoms with Gasteiger partial charge in [-0.1, -0.05) is 11.6 Å². The number of nitrogens with one attached hydrogen (secondary N) is 1. The second-order valence-corrected chi connectivity index (χ2v) is 5.42. The number of ether oxygens (including phenoxy) is 4. The fourth-order valence-corrected chi connectivity index (χ4v) is 3.00. The van der Waals surface area contributed by atoms with Gasteiger partial charge in [-0.2, -0.15) is 0 Å². The molecule has 136 valence electrons. The highest BCUT2D eigenvalue weighted by molar-refractivity contribution is 6.36. The maximum Gasteiger partial charge on any atom is 0.334 e. The van der Waals surface area contributed by atoms with Gasteiger partial charge in [-0.25, -0.2) is 4.79 Å². The molecule has 7 nitrogen and oxygen atoms in total. The first-order chi connectivity index (χ1) is 12.0. The van der Waals surface area contributed by atoms with Gasteiger partial charge in [0.15, 0.2) is 17.5 Å². The molecule has 1 unspecified atom stereocenters. The first kappa shape index (κ1) is 18.8. The van der Waals surface area contributed by atoms with E-state index in [4.69, 9.17) is 36.3 Å². The van der Waals surface area contributed by atoms with E-state index >= 15 is 0 Å². The van der Waals surface area contributed by atoms with Crippen LogP contribution in [0.1, 0.15) is 12.5 Å². The number of hydrogen-bond donors (Lipinski definition) is 2. The Labute approximate surface area is 151 Å². The number of nitrogens with two attached hydrogens (primary N) is 1. The Morgan fingerprint density at radius 1 is 1.24 bits per heavy atom. The molecule has 0 aromatic heterocycles. The van der Waals surface area contributed by atoms with Crippen molar-refractivity contribution in [2.75, 3.05) is 27.9 Å². The fraction of sp³-hybridized carbons (Fsp3) is 0.353. The molecule has 0 bridgehead atoms. The molecule has 25 heavy (non-hydrogen) atoms. The highest BCUT2D eigenvalue weighted by Crippen LogP contribution is 2.46. The first-order valence-corrected chi connectivity index (χ1v) is 7.96. The second-order valence-electron chi connectivity index (χ2n) is 5.01. The van der Waals surface area contributed by atoms with Crippen LogP contribution in [-0.4, -0.2) is 39.9 Å². The average Bonchev–Trinajstić information content (AvgIpc) is 2.96. The quantitative estimate of drug-likeness (QED) is 0.742. The van der Waals surface area contributed by atoms with Crippen LogP contribution in [0.5, 0.6) is 17.2 Å². The number of halogens is 1. The van der Waals surface area contributed by atoms with E-state index in [1.165, 1.54) is 27.5 Å². The van der Waals surface area contributed by atoms with Crippen molar-refractivity contribution in [2.24, 2.45) is 5.73 Å². The van der Waals surface area contributed by atoms with E-state index in [2.05, 4.69) is 5.32 Å². The van der Waals surface area contributed by atoms with Crippen LogP contribution < -0.4 is 25.3 Å². The standard InChI is InChI=1S/C17H21ClN2O5/c1-5-25-17(21)14-13(18)12(10(8-19)20-14)9-6-7-11(22-2)16(24-4)15(9)23-3/h6-8,14,20H,5,19H2,1-4H3. The van der Waals surface area contributed by atoms with Gasteiger partial charge in [-0.05, 0) is 19.1 Å². The second kappa shape index (κ2) is 8.02. The Bertz CT molecular complexity index is 730. The molecule has 8 heteroatoms. The lowest BCUT2D eigenvalue weighted by Crippen LogP contribution is -2.33. The van der Waals surface area contributed by atoms with Crippen LogP contribution in [0.2, 0.25) is 0 Å². The number of rotatable bonds is 6. The smallest absolute Gasteiger partial charge is 0.334 e. The largest absolute Gasteiger partial charge is 0.493 e. The third-order valence-electron chi connectivity index (χ3n) is 3.72. The minimum Gasteiger partial charge on any atom is -0.493 e. The Kier molecular flexibility index (Phi) is 6.03. The maximum atomic E-state index is 12.1. The molecule has 3 N–H and O–H groups in total. The molecule has 0 saturated carbocycles. The predicted octanol–water partition coefficient (Wildman–Crippen LogP) is 2.00. The summed E-state index contributed by atoms with van der Waals surface area (Å²) in [5, 5.41) is 3.23. The highest BCUT2D eigenvalue weighted by Gasteiger charge is 2.36. The van der Waals surface area contributed by atoms with Crippen LogP contribution in [0.25, 0.3) is 5.57 Å². The zero-order valence-electron chi connectivity index (χ0n) is 14.5. The van der Waals surface area contributed by atoms with Gasteiger partial charge in [0.05, 0.1) is 38.7 Å². The molecule has 1 aliphatic rings. The Hall–Kier alpha value is -2.54. The number of carbonyl (C=O) groups excluding carboxylic acids is 1. The van der Waals surface area contributed by atoms with Gasteiger partial charge in [0.2, 0.25) is 5.75 Å². The normalized spacial score (nSPS) is 18.1. The van der Waals surface area contributed by atoms with Crippen molar-refractivity contribution >= 4 is 23.1 Å². The van der Waals surface area contributed by atoms with Crippen LogP contribution in [-0.2, 0) is 9.53 Å². The SMILES string of the molecule is CCOC(=O)C1NC(=CN)C(c2ccc(OC)c(OC)c2OC)=C1Cl. The van der Waals surface area contributed by atoms with E-state index in [1.807, 2.05) is 0 Å². The monoisotopic (exact) mass is 368 g/mol. The minimum absolute atomic E-state index is 0.248. The molecular formula is C17H21ClN2O5. The number of methoxy groups -OCH3 is 3. The van der Waals surface area contributed by atoms with Gasteiger partial charge in [0.1, 0.15) is 0 Å². The molecule has 0 amide bonds. The zero-order chi connectivity index (χ0) is 18.6. The molecule has 1 aromatic carbocycles. The lowest BCUT2D eigenvalue weighted by molar-refractivity contribution is -0.144. The molecule has 2 rings (SSSR count). The van der Waals surface area contributed by atoms with Crippen LogP contribution >= 0.6 is 11.6 Å². The summed E-state index contributed by atoms with van der Waals surface area (Å²) in [5.41, 5.74) is 7.36. The van der Waals surface area contributed by atoms with Crippen LogP contribution in [0.3, 0.4) is 0 Å². The van der Waals surface area contributed by atoms with E-state index in [9.17, 15) is 4.79 Å². The van der Waals surface area contributed by atoms with E-state index < -0.39 is 12.0 Å². The first-order valence-electron chi connectivity index (χ1n) is 7.58. The lowest BCUT2D eigenvalue weighted by atomic mass is 10.0. The molecule has 0 spiro atoms. The van der Waals surface area contributed by atoms with Crippen LogP contribution in [0, 0.1) is 0 Å². The van der Waals surface area contributed by atoms with Crippen molar-refractivity contribution in [1.82, 2.24) is 5.32 Å². The summed E-state index contributed by atoms with van der Waals surface area (Å²) in [6.45, 7) is 1.97. The highest BCUT2D eigenvalue weighted by atomic mass is 35.5. The van der Waals surface area contributed by atoms with Gasteiger partial charge in [0.25, 0.3) is 0 Å². The summed E-state index contributed by atoms with van der Waals surface area (Å²) < 4.78 is 21.2. The topological polar surface area (TPSA) is 92.0 Å². The van der Waals surface area contributed by atoms with Gasteiger partial charge >= 0.3 is 5.97 Å². The third kappa shape index (κ3) is 3.32. The molecule has 1 atom stereocenters. The summed E-state index contributed by atoms with van der Waals surface area (Å²) in [4.78, 5) is 12.1. The number of esters is 1. The van der Waals surface area contributed by atoms with Gasteiger partial charge < -0.3 is 30.0 Å². The average molecular weight is 369 g/mol. The van der Waals surface area contributed by atoms with Crippen LogP contribution in [0.15, 0.2) is 29.1 Å². The Balaban J connectivity index is 2.64. The molecule has 1 aromatic rings. The van der Waals surface area contributed by atoms with Crippen molar-refractivity contribution in [3.8, 4) is 17.2 Å². The fourth-order valence-electron chi connectivity index (χ4n) is 2.66. The number of hydrogen-bond acceptors (Lipinski definition) is 7. The van der Waals surface area contributed by atoms with Gasteiger partial charge in [0, 0.05) is 17.3 Å².